The molecule has 0 aliphatic carbocycles. The van der Waals surface area contributed by atoms with Gasteiger partial charge in [0.15, 0.2) is 6.61 Å². The number of aryl methyl sites for hydroxylation is 1. The molecule has 5 nitrogen and oxygen atoms in total. The van der Waals surface area contributed by atoms with Gasteiger partial charge in [-0.05, 0) is 65.8 Å². The van der Waals surface area contributed by atoms with Gasteiger partial charge in [-0.3, -0.25) is 4.79 Å². The monoisotopic (exact) mass is 463 g/mol. The van der Waals surface area contributed by atoms with Crippen LogP contribution in [0.25, 0.3) is 11.0 Å². The van der Waals surface area contributed by atoms with Crippen molar-refractivity contribution in [2.45, 2.75) is 20.3 Å². The minimum atomic E-state index is -0.328. The van der Waals surface area contributed by atoms with Crippen LogP contribution >= 0.6 is 22.6 Å². The molecule has 0 radical (unpaired) electrons. The molecule has 3 rings (SSSR count). The highest BCUT2D eigenvalue weighted by Gasteiger charge is 2.11. The van der Waals surface area contributed by atoms with Crippen LogP contribution in [0.5, 0.6) is 5.75 Å². The van der Waals surface area contributed by atoms with Crippen molar-refractivity contribution in [3.05, 3.63) is 67.6 Å². The summed E-state index contributed by atoms with van der Waals surface area (Å²) in [4.78, 5) is 24.1. The lowest BCUT2D eigenvalue weighted by Gasteiger charge is -2.10. The Morgan fingerprint density at radius 1 is 1.23 bits per heavy atom. The Morgan fingerprint density at radius 3 is 2.73 bits per heavy atom. The molecule has 1 N–H and O–H groups in total. The lowest BCUT2D eigenvalue weighted by Crippen LogP contribution is -2.20. The quantitative estimate of drug-likeness (QED) is 0.453. The van der Waals surface area contributed by atoms with Gasteiger partial charge in [0.05, 0.1) is 5.69 Å². The number of benzene rings is 2. The minimum absolute atomic E-state index is 0.132. The second kappa shape index (κ2) is 7.90. The second-order valence-electron chi connectivity index (χ2n) is 5.82. The first-order valence-electron chi connectivity index (χ1n) is 8.23. The van der Waals surface area contributed by atoms with Gasteiger partial charge in [-0.2, -0.15) is 0 Å². The number of hydrogen-bond acceptors (Lipinski definition) is 4. The average molecular weight is 463 g/mol. The first kappa shape index (κ1) is 18.4. The number of hydrogen-bond donors (Lipinski definition) is 1. The van der Waals surface area contributed by atoms with Crippen molar-refractivity contribution in [2.24, 2.45) is 0 Å². The molecule has 0 atom stereocenters. The maximum Gasteiger partial charge on any atom is 0.339 e. The molecule has 0 aliphatic rings. The predicted molar refractivity (Wildman–Crippen MR) is 110 cm³/mol. The van der Waals surface area contributed by atoms with Crippen LogP contribution in [0.3, 0.4) is 0 Å². The van der Waals surface area contributed by atoms with E-state index in [0.29, 0.717) is 23.3 Å². The van der Waals surface area contributed by atoms with Crippen molar-refractivity contribution in [2.75, 3.05) is 11.9 Å². The zero-order chi connectivity index (χ0) is 18.7. The van der Waals surface area contributed by atoms with E-state index in [0.717, 1.165) is 20.2 Å². The molecule has 0 fully saturated rings. The van der Waals surface area contributed by atoms with E-state index in [-0.39, 0.29) is 18.1 Å². The van der Waals surface area contributed by atoms with E-state index in [1.807, 2.05) is 44.2 Å². The molecule has 0 bridgehead atoms. The summed E-state index contributed by atoms with van der Waals surface area (Å²) < 4.78 is 11.9. The molecule has 0 saturated carbocycles. The molecular weight excluding hydrogens is 445 g/mol. The fourth-order valence-electron chi connectivity index (χ4n) is 2.77. The molecule has 1 heterocycles. The molecule has 0 aliphatic heterocycles. The third-order valence-corrected chi connectivity index (χ3v) is 5.07. The molecule has 0 unspecified atom stereocenters. The summed E-state index contributed by atoms with van der Waals surface area (Å²) in [6.45, 7) is 3.70. The fourth-order valence-corrected chi connectivity index (χ4v) is 3.29. The second-order valence-corrected chi connectivity index (χ2v) is 6.98. The van der Waals surface area contributed by atoms with E-state index in [2.05, 4.69) is 27.9 Å². The summed E-state index contributed by atoms with van der Waals surface area (Å²) in [5, 5.41) is 3.68. The van der Waals surface area contributed by atoms with Crippen LogP contribution < -0.4 is 15.7 Å². The largest absolute Gasteiger partial charge is 0.484 e. The summed E-state index contributed by atoms with van der Waals surface area (Å²) in [5.74, 6) is 0.218. The maximum absolute atomic E-state index is 12.1. The number of nitrogens with one attached hydrogen (secondary N) is 1. The van der Waals surface area contributed by atoms with E-state index in [4.69, 9.17) is 9.15 Å². The van der Waals surface area contributed by atoms with Crippen molar-refractivity contribution in [3.63, 3.8) is 0 Å². The van der Waals surface area contributed by atoms with Crippen LogP contribution in [-0.2, 0) is 11.2 Å². The molecule has 26 heavy (non-hydrogen) atoms. The standard InChI is InChI=1S/C20H18INO4/c1-3-14-12(2)15-9-8-13(10-18(15)26-20(14)24)25-11-19(23)22-17-7-5-4-6-16(17)21/h4-10H,3,11H2,1-2H3,(H,22,23). The molecule has 3 aromatic rings. The van der Waals surface area contributed by atoms with Crippen LogP contribution in [0, 0.1) is 10.5 Å². The van der Waals surface area contributed by atoms with E-state index < -0.39 is 0 Å². The normalized spacial score (nSPS) is 10.7. The van der Waals surface area contributed by atoms with E-state index in [1.54, 1.807) is 12.1 Å². The summed E-state index contributed by atoms with van der Waals surface area (Å²) in [6.07, 6.45) is 0.626. The molecule has 6 heteroatoms. The molecule has 0 saturated heterocycles. The van der Waals surface area contributed by atoms with Gasteiger partial charge in [0.1, 0.15) is 11.3 Å². The molecule has 0 spiro atoms. The van der Waals surface area contributed by atoms with E-state index >= 15 is 0 Å². The molecular formula is C20H18INO4. The van der Waals surface area contributed by atoms with Gasteiger partial charge >= 0.3 is 5.63 Å². The molecule has 1 aromatic heterocycles. The van der Waals surface area contributed by atoms with Gasteiger partial charge in [-0.15, -0.1) is 0 Å². The Hall–Kier alpha value is -2.35. The van der Waals surface area contributed by atoms with Crippen LogP contribution in [0.15, 0.2) is 51.7 Å². The molecule has 134 valence electrons. The number of ether oxygens (including phenoxy) is 1. The summed E-state index contributed by atoms with van der Waals surface area (Å²) in [5.41, 5.74) is 2.48. The topological polar surface area (TPSA) is 68.5 Å². The van der Waals surface area contributed by atoms with Gasteiger partial charge < -0.3 is 14.5 Å². The number of rotatable bonds is 5. The van der Waals surface area contributed by atoms with Crippen molar-refractivity contribution in [1.82, 2.24) is 0 Å². The van der Waals surface area contributed by atoms with Crippen molar-refractivity contribution in [3.8, 4) is 5.75 Å². The summed E-state index contributed by atoms with van der Waals surface area (Å²) in [6, 6.07) is 12.8. The van der Waals surface area contributed by atoms with Gasteiger partial charge in [0.25, 0.3) is 5.91 Å². The third kappa shape index (κ3) is 3.90. The Balaban J connectivity index is 1.74. The zero-order valence-electron chi connectivity index (χ0n) is 14.5. The van der Waals surface area contributed by atoms with Gasteiger partial charge in [-0.25, -0.2) is 4.79 Å². The van der Waals surface area contributed by atoms with Crippen molar-refractivity contribution >= 4 is 45.2 Å². The predicted octanol–water partition coefficient (Wildman–Crippen LogP) is 4.29. The highest BCUT2D eigenvalue weighted by molar-refractivity contribution is 14.1. The van der Waals surface area contributed by atoms with Crippen LogP contribution in [0.1, 0.15) is 18.1 Å². The van der Waals surface area contributed by atoms with E-state index in [1.165, 1.54) is 0 Å². The maximum atomic E-state index is 12.1. The zero-order valence-corrected chi connectivity index (χ0v) is 16.6. The fraction of sp³-hybridized carbons (Fsp3) is 0.200. The van der Waals surface area contributed by atoms with Crippen molar-refractivity contribution < 1.29 is 13.9 Å². The van der Waals surface area contributed by atoms with Crippen LogP contribution in [-0.4, -0.2) is 12.5 Å². The smallest absolute Gasteiger partial charge is 0.339 e. The third-order valence-electron chi connectivity index (χ3n) is 4.13. The SMILES string of the molecule is CCc1c(C)c2ccc(OCC(=O)Nc3ccccc3I)cc2oc1=O. The number of fused-ring (bicyclic) bond motifs is 1. The minimum Gasteiger partial charge on any atom is -0.484 e. The number of para-hydroxylation sites is 1. The van der Waals surface area contributed by atoms with E-state index in [9.17, 15) is 9.59 Å². The Morgan fingerprint density at radius 2 is 2.00 bits per heavy atom. The number of halogens is 1. The van der Waals surface area contributed by atoms with Crippen molar-refractivity contribution in [1.29, 1.82) is 0 Å². The molecule has 1 amide bonds. The van der Waals surface area contributed by atoms with Gasteiger partial charge in [0, 0.05) is 20.6 Å². The summed E-state index contributed by atoms with van der Waals surface area (Å²) in [7, 11) is 0. The highest BCUT2D eigenvalue weighted by atomic mass is 127. The number of carbonyl (C=O) groups excluding carboxylic acids is 1. The Bertz CT molecular complexity index is 1030. The van der Waals surface area contributed by atoms with Crippen LogP contribution in [0.2, 0.25) is 0 Å². The van der Waals surface area contributed by atoms with Gasteiger partial charge in [-0.1, -0.05) is 19.1 Å². The van der Waals surface area contributed by atoms with Crippen LogP contribution in [0.4, 0.5) is 5.69 Å². The lowest BCUT2D eigenvalue weighted by atomic mass is 10.0. The Kier molecular flexibility index (Phi) is 5.61. The first-order valence-corrected chi connectivity index (χ1v) is 9.31. The molecule has 2 aromatic carbocycles. The lowest BCUT2D eigenvalue weighted by molar-refractivity contribution is -0.118. The number of anilines is 1. The number of amides is 1. The first-order chi connectivity index (χ1) is 12.5. The average Bonchev–Trinajstić information content (AvgIpc) is 2.62. The Labute approximate surface area is 164 Å². The van der Waals surface area contributed by atoms with Gasteiger partial charge in [0.2, 0.25) is 0 Å². The number of carbonyl (C=O) groups is 1. The highest BCUT2D eigenvalue weighted by Crippen LogP contribution is 2.24. The summed E-state index contributed by atoms with van der Waals surface area (Å²) >= 11 is 2.16.